The predicted molar refractivity (Wildman–Crippen MR) is 70.5 cm³/mol. The summed E-state index contributed by atoms with van der Waals surface area (Å²) in [5, 5.41) is 0. The van der Waals surface area contributed by atoms with E-state index in [1.54, 1.807) is 0 Å². The van der Waals surface area contributed by atoms with Crippen molar-refractivity contribution in [3.8, 4) is 0 Å². The molecule has 0 bridgehead atoms. The van der Waals surface area contributed by atoms with Crippen LogP contribution in [0.1, 0.15) is 37.4 Å². The Morgan fingerprint density at radius 3 is 2.25 bits per heavy atom. The highest BCUT2D eigenvalue weighted by Gasteiger charge is 2.13. The third-order valence-electron chi connectivity index (χ3n) is 3.10. The van der Waals surface area contributed by atoms with Crippen molar-refractivity contribution in [1.82, 2.24) is 4.90 Å². The molecule has 0 fully saturated rings. The minimum absolute atomic E-state index is 0.353. The lowest BCUT2D eigenvalue weighted by atomic mass is 10.0. The minimum atomic E-state index is 0.353. The van der Waals surface area contributed by atoms with Crippen molar-refractivity contribution >= 4 is 0 Å². The number of nitrogens with two attached hydrogens (primary N) is 1. The van der Waals surface area contributed by atoms with Crippen LogP contribution in [0.25, 0.3) is 0 Å². The minimum Gasteiger partial charge on any atom is -0.329 e. The molecule has 1 unspecified atom stereocenters. The summed E-state index contributed by atoms with van der Waals surface area (Å²) in [6.45, 7) is 6.16. The van der Waals surface area contributed by atoms with Gasteiger partial charge in [-0.05, 0) is 37.6 Å². The van der Waals surface area contributed by atoms with Gasteiger partial charge in [0.1, 0.15) is 0 Å². The van der Waals surface area contributed by atoms with Crippen LogP contribution in [0, 0.1) is 0 Å². The molecule has 2 N–H and O–H groups in total. The standard InChI is InChI=1S/C14H24N2/c1-4-10-16(3)14(11-15)13-8-6-12(5-2)7-9-13/h6-9,14H,4-5,10-11,15H2,1-3H3. The summed E-state index contributed by atoms with van der Waals surface area (Å²) in [5.74, 6) is 0. The SMILES string of the molecule is CCCN(C)C(CN)c1ccc(CC)cc1. The first-order valence-corrected chi connectivity index (χ1v) is 6.22. The fourth-order valence-corrected chi connectivity index (χ4v) is 2.05. The third-order valence-corrected chi connectivity index (χ3v) is 3.10. The first-order chi connectivity index (χ1) is 7.72. The molecular formula is C14H24N2. The maximum atomic E-state index is 5.86. The summed E-state index contributed by atoms with van der Waals surface area (Å²) in [7, 11) is 2.15. The van der Waals surface area contributed by atoms with Gasteiger partial charge in [0.05, 0.1) is 0 Å². The summed E-state index contributed by atoms with van der Waals surface area (Å²) >= 11 is 0. The maximum Gasteiger partial charge on any atom is 0.0467 e. The molecule has 0 saturated heterocycles. The van der Waals surface area contributed by atoms with E-state index in [9.17, 15) is 0 Å². The van der Waals surface area contributed by atoms with Crippen LogP contribution in [0.4, 0.5) is 0 Å². The third kappa shape index (κ3) is 3.32. The first kappa shape index (κ1) is 13.2. The molecule has 0 aromatic heterocycles. The van der Waals surface area contributed by atoms with Crippen LogP contribution >= 0.6 is 0 Å². The van der Waals surface area contributed by atoms with Gasteiger partial charge in [-0.1, -0.05) is 38.1 Å². The predicted octanol–water partition coefficient (Wildman–Crippen LogP) is 2.59. The molecule has 0 saturated carbocycles. The molecule has 0 amide bonds. The summed E-state index contributed by atoms with van der Waals surface area (Å²) in [5.41, 5.74) is 8.58. The topological polar surface area (TPSA) is 29.3 Å². The van der Waals surface area contributed by atoms with Crippen molar-refractivity contribution in [1.29, 1.82) is 0 Å². The molecule has 2 heteroatoms. The molecule has 1 aromatic carbocycles. The molecule has 0 aliphatic heterocycles. The van der Waals surface area contributed by atoms with Crippen molar-refractivity contribution in [2.24, 2.45) is 5.73 Å². The van der Waals surface area contributed by atoms with Gasteiger partial charge in [-0.15, -0.1) is 0 Å². The van der Waals surface area contributed by atoms with Gasteiger partial charge < -0.3 is 5.73 Å². The Morgan fingerprint density at radius 1 is 1.19 bits per heavy atom. The van der Waals surface area contributed by atoms with Crippen LogP contribution in [-0.2, 0) is 6.42 Å². The molecule has 2 nitrogen and oxygen atoms in total. The zero-order valence-corrected chi connectivity index (χ0v) is 10.7. The number of rotatable bonds is 6. The summed E-state index contributed by atoms with van der Waals surface area (Å²) in [6, 6.07) is 9.19. The maximum absolute atomic E-state index is 5.86. The Bertz CT molecular complexity index is 292. The highest BCUT2D eigenvalue weighted by Crippen LogP contribution is 2.19. The second-order valence-electron chi connectivity index (χ2n) is 4.33. The van der Waals surface area contributed by atoms with Crippen LogP contribution in [0.5, 0.6) is 0 Å². The van der Waals surface area contributed by atoms with E-state index in [4.69, 9.17) is 5.73 Å². The summed E-state index contributed by atoms with van der Waals surface area (Å²) in [6.07, 6.45) is 2.26. The van der Waals surface area contributed by atoms with Gasteiger partial charge in [0.15, 0.2) is 0 Å². The quantitative estimate of drug-likeness (QED) is 0.798. The molecule has 0 radical (unpaired) electrons. The van der Waals surface area contributed by atoms with Crippen molar-refractivity contribution in [3.05, 3.63) is 35.4 Å². The highest BCUT2D eigenvalue weighted by atomic mass is 15.1. The highest BCUT2D eigenvalue weighted by molar-refractivity contribution is 5.25. The van der Waals surface area contributed by atoms with E-state index in [0.717, 1.165) is 13.0 Å². The average molecular weight is 220 g/mol. The number of hydrogen-bond donors (Lipinski definition) is 1. The fourth-order valence-electron chi connectivity index (χ4n) is 2.05. The van der Waals surface area contributed by atoms with Crippen molar-refractivity contribution < 1.29 is 0 Å². The van der Waals surface area contributed by atoms with E-state index in [1.807, 2.05) is 0 Å². The molecule has 0 aliphatic carbocycles. The smallest absolute Gasteiger partial charge is 0.0467 e. The monoisotopic (exact) mass is 220 g/mol. The average Bonchev–Trinajstić information content (AvgIpc) is 2.31. The lowest BCUT2D eigenvalue weighted by molar-refractivity contribution is 0.251. The zero-order valence-electron chi connectivity index (χ0n) is 10.7. The van der Waals surface area contributed by atoms with Crippen molar-refractivity contribution in [2.45, 2.75) is 32.7 Å². The molecule has 0 heterocycles. The molecule has 1 atom stereocenters. The van der Waals surface area contributed by atoms with E-state index in [-0.39, 0.29) is 0 Å². The van der Waals surface area contributed by atoms with Gasteiger partial charge >= 0.3 is 0 Å². The molecule has 1 aromatic rings. The second-order valence-corrected chi connectivity index (χ2v) is 4.33. The Kier molecular flexibility index (Phi) is 5.50. The van der Waals surface area contributed by atoms with Gasteiger partial charge in [-0.25, -0.2) is 0 Å². The summed E-state index contributed by atoms with van der Waals surface area (Å²) < 4.78 is 0. The zero-order chi connectivity index (χ0) is 12.0. The molecule has 0 aliphatic rings. The van der Waals surface area contributed by atoms with Crippen molar-refractivity contribution in [3.63, 3.8) is 0 Å². The van der Waals surface area contributed by atoms with Crippen LogP contribution in [-0.4, -0.2) is 25.0 Å². The molecule has 1 rings (SSSR count). The van der Waals surface area contributed by atoms with E-state index in [1.165, 1.54) is 17.5 Å². The Labute approximate surface area is 99.5 Å². The number of likely N-dealkylation sites (N-methyl/N-ethyl adjacent to an activating group) is 1. The van der Waals surface area contributed by atoms with Crippen LogP contribution in [0.2, 0.25) is 0 Å². The van der Waals surface area contributed by atoms with E-state index in [2.05, 4.69) is 50.1 Å². The Balaban J connectivity index is 2.78. The molecule has 90 valence electrons. The van der Waals surface area contributed by atoms with Gasteiger partial charge in [-0.3, -0.25) is 4.90 Å². The number of nitrogens with zero attached hydrogens (tertiary/aromatic N) is 1. The van der Waals surface area contributed by atoms with Gasteiger partial charge in [0.2, 0.25) is 0 Å². The summed E-state index contributed by atoms with van der Waals surface area (Å²) in [4.78, 5) is 2.33. The lowest BCUT2D eigenvalue weighted by Crippen LogP contribution is -2.31. The number of hydrogen-bond acceptors (Lipinski definition) is 2. The number of benzene rings is 1. The van der Waals surface area contributed by atoms with Crippen LogP contribution in [0.3, 0.4) is 0 Å². The van der Waals surface area contributed by atoms with Crippen molar-refractivity contribution in [2.75, 3.05) is 20.1 Å². The van der Waals surface area contributed by atoms with Crippen LogP contribution in [0.15, 0.2) is 24.3 Å². The second kappa shape index (κ2) is 6.66. The lowest BCUT2D eigenvalue weighted by Gasteiger charge is -2.27. The fraction of sp³-hybridized carbons (Fsp3) is 0.571. The number of aryl methyl sites for hydroxylation is 1. The van der Waals surface area contributed by atoms with Crippen LogP contribution < -0.4 is 5.73 Å². The van der Waals surface area contributed by atoms with E-state index < -0.39 is 0 Å². The largest absolute Gasteiger partial charge is 0.329 e. The van der Waals surface area contributed by atoms with E-state index >= 15 is 0 Å². The van der Waals surface area contributed by atoms with Gasteiger partial charge in [0, 0.05) is 12.6 Å². The molecular weight excluding hydrogens is 196 g/mol. The van der Waals surface area contributed by atoms with Gasteiger partial charge in [-0.2, -0.15) is 0 Å². The van der Waals surface area contributed by atoms with E-state index in [0.29, 0.717) is 12.6 Å². The first-order valence-electron chi connectivity index (χ1n) is 6.22. The Hall–Kier alpha value is -0.860. The molecule has 0 spiro atoms. The van der Waals surface area contributed by atoms with Gasteiger partial charge in [0.25, 0.3) is 0 Å². The molecule has 16 heavy (non-hydrogen) atoms. The normalized spacial score (nSPS) is 13.1. The Morgan fingerprint density at radius 2 is 1.81 bits per heavy atom.